The third kappa shape index (κ3) is 7.20. The maximum Gasteiger partial charge on any atom is 2.00 e. The fourth-order valence-corrected chi connectivity index (χ4v) is 4.83. The molecule has 0 aromatic heterocycles. The molecule has 6 rings (SSSR count). The van der Waals surface area contributed by atoms with Gasteiger partial charge in [0, 0.05) is 35.8 Å². The number of rotatable bonds is 10. The molecule has 0 N–H and O–H groups in total. The van der Waals surface area contributed by atoms with Crippen molar-refractivity contribution in [1.29, 1.82) is 0 Å². The Morgan fingerprint density at radius 1 is 0.561 bits per heavy atom. The zero-order chi connectivity index (χ0) is 27.0. The Bertz CT molecular complexity index is 1520. The number of nitrogens with zero attached hydrogens (tertiary/aromatic N) is 4. The largest absolute Gasteiger partial charge is 2.00 e. The van der Waals surface area contributed by atoms with Crippen LogP contribution < -0.4 is 9.80 Å². The predicted molar refractivity (Wildman–Crippen MR) is 166 cm³/mol. The van der Waals surface area contributed by atoms with Crippen molar-refractivity contribution in [2.75, 3.05) is 16.3 Å². The smallest absolute Gasteiger partial charge is 0.370 e. The summed E-state index contributed by atoms with van der Waals surface area (Å²) in [6.07, 6.45) is 8.58. The van der Waals surface area contributed by atoms with Gasteiger partial charge >= 0.3 is 17.1 Å². The van der Waals surface area contributed by atoms with Crippen molar-refractivity contribution in [3.63, 3.8) is 0 Å². The molecule has 1 aliphatic rings. The van der Waals surface area contributed by atoms with Crippen LogP contribution in [0.2, 0.25) is 0 Å². The van der Waals surface area contributed by atoms with E-state index in [1.165, 1.54) is 17.2 Å². The van der Waals surface area contributed by atoms with Crippen LogP contribution in [0.3, 0.4) is 0 Å². The second kappa shape index (κ2) is 13.8. The summed E-state index contributed by atoms with van der Waals surface area (Å²) in [5.74, 6) is 1.31. The maximum atomic E-state index is 4.42. The van der Waals surface area contributed by atoms with Gasteiger partial charge in [-0.2, -0.15) is 22.4 Å². The first-order valence-electron chi connectivity index (χ1n) is 13.5. The van der Waals surface area contributed by atoms with E-state index in [2.05, 4.69) is 130 Å². The van der Waals surface area contributed by atoms with Gasteiger partial charge in [-0.05, 0) is 72.8 Å². The molecular formula is C36H30FeN4. The molecule has 0 fully saturated rings. The number of benzene rings is 4. The third-order valence-electron chi connectivity index (χ3n) is 6.84. The van der Waals surface area contributed by atoms with Crippen LogP contribution in [-0.4, -0.2) is 6.54 Å². The van der Waals surface area contributed by atoms with E-state index >= 15 is 0 Å². The molecule has 0 heterocycles. The average Bonchev–Trinajstić information content (AvgIpc) is 3.73. The summed E-state index contributed by atoms with van der Waals surface area (Å²) < 4.78 is 0. The van der Waals surface area contributed by atoms with E-state index in [4.69, 9.17) is 0 Å². The number of para-hydroxylation sites is 1. The van der Waals surface area contributed by atoms with Crippen molar-refractivity contribution < 1.29 is 17.1 Å². The molecule has 0 saturated carbocycles. The van der Waals surface area contributed by atoms with Crippen molar-refractivity contribution in [3.05, 3.63) is 170 Å². The zero-order valence-corrected chi connectivity index (χ0v) is 23.7. The molecule has 0 spiro atoms. The standard InChI is InChI=1S/C36H30N4.Fe/c1-3-15-31(16-4-1)37-38-32-19-21-35(22-20-32)40(34-17-5-2-6-18-34)36-25-23-33(24-26-36)39(27-29-11-7-8-12-29)28-30-13-9-10-14-30;/h1-26H,27-28H2;/q-2;+2. The van der Waals surface area contributed by atoms with Crippen LogP contribution in [0.4, 0.5) is 34.1 Å². The van der Waals surface area contributed by atoms with Crippen LogP contribution >= 0.6 is 0 Å². The van der Waals surface area contributed by atoms with E-state index in [1.54, 1.807) is 0 Å². The number of hydrogen-bond acceptors (Lipinski definition) is 4. The van der Waals surface area contributed by atoms with Crippen LogP contribution in [0.25, 0.3) is 0 Å². The molecule has 0 unspecified atom stereocenters. The van der Waals surface area contributed by atoms with E-state index in [-0.39, 0.29) is 17.1 Å². The first-order chi connectivity index (χ1) is 19.8. The van der Waals surface area contributed by atoms with E-state index in [1.807, 2.05) is 48.5 Å². The van der Waals surface area contributed by atoms with Gasteiger partial charge in [0.1, 0.15) is 0 Å². The molecule has 2 radical (unpaired) electrons. The Balaban J connectivity index is 0.00000337. The molecule has 0 saturated heterocycles. The molecule has 5 heteroatoms. The summed E-state index contributed by atoms with van der Waals surface area (Å²) >= 11 is 0. The maximum absolute atomic E-state index is 4.42. The van der Waals surface area contributed by atoms with Crippen LogP contribution in [0, 0.1) is 18.8 Å². The number of allylic oxidation sites excluding steroid dienone is 2. The fourth-order valence-electron chi connectivity index (χ4n) is 4.83. The third-order valence-corrected chi connectivity index (χ3v) is 6.84. The van der Waals surface area contributed by atoms with Crippen molar-refractivity contribution in [1.82, 2.24) is 0 Å². The van der Waals surface area contributed by atoms with Gasteiger partial charge in [0.05, 0.1) is 11.4 Å². The normalized spacial score (nSPS) is 12.7. The van der Waals surface area contributed by atoms with Crippen molar-refractivity contribution in [2.45, 2.75) is 6.54 Å². The van der Waals surface area contributed by atoms with Crippen LogP contribution in [-0.2, 0) is 23.6 Å². The van der Waals surface area contributed by atoms with Crippen molar-refractivity contribution in [3.8, 4) is 0 Å². The summed E-state index contributed by atoms with van der Waals surface area (Å²) in [7, 11) is 0. The van der Waals surface area contributed by atoms with Crippen molar-refractivity contribution >= 4 is 34.1 Å². The summed E-state index contributed by atoms with van der Waals surface area (Å²) in [5, 5.41) is 8.77. The fraction of sp³-hybridized carbons (Fsp3) is 0.0556. The topological polar surface area (TPSA) is 31.2 Å². The van der Waals surface area contributed by atoms with Gasteiger partial charge < -0.3 is 9.80 Å². The Hall–Kier alpha value is -4.44. The number of azo groups is 1. The molecular weight excluding hydrogens is 544 g/mol. The quantitative estimate of drug-likeness (QED) is 0.0945. The molecule has 5 aromatic rings. The van der Waals surface area contributed by atoms with Gasteiger partial charge in [-0.3, -0.25) is 0 Å². The Morgan fingerprint density at radius 2 is 1.15 bits per heavy atom. The van der Waals surface area contributed by atoms with Gasteiger partial charge in [0.25, 0.3) is 0 Å². The van der Waals surface area contributed by atoms with Crippen molar-refractivity contribution in [2.24, 2.45) is 10.2 Å². The van der Waals surface area contributed by atoms with E-state index < -0.39 is 0 Å². The van der Waals surface area contributed by atoms with E-state index in [0.717, 1.165) is 41.5 Å². The van der Waals surface area contributed by atoms with Gasteiger partial charge in [-0.25, -0.2) is 30.7 Å². The molecule has 1 aliphatic carbocycles. The van der Waals surface area contributed by atoms with Gasteiger partial charge in [0.15, 0.2) is 0 Å². The molecule has 5 aromatic carbocycles. The summed E-state index contributed by atoms with van der Waals surface area (Å²) in [6.45, 7) is 1.72. The second-order valence-corrected chi connectivity index (χ2v) is 9.68. The monoisotopic (exact) mass is 574 g/mol. The molecule has 202 valence electrons. The number of hydrogen-bond donors (Lipinski definition) is 0. The van der Waals surface area contributed by atoms with Crippen LogP contribution in [0.15, 0.2) is 156 Å². The van der Waals surface area contributed by atoms with Gasteiger partial charge in [-0.1, -0.05) is 42.3 Å². The zero-order valence-electron chi connectivity index (χ0n) is 22.6. The molecule has 0 bridgehead atoms. The Kier molecular flexibility index (Phi) is 9.43. The predicted octanol–water partition coefficient (Wildman–Crippen LogP) is 9.85. The average molecular weight is 575 g/mol. The molecule has 4 nitrogen and oxygen atoms in total. The van der Waals surface area contributed by atoms with Crippen LogP contribution in [0.5, 0.6) is 0 Å². The second-order valence-electron chi connectivity index (χ2n) is 9.68. The summed E-state index contributed by atoms with van der Waals surface area (Å²) in [5.41, 5.74) is 7.40. The van der Waals surface area contributed by atoms with Crippen LogP contribution in [0.1, 0.15) is 5.56 Å². The Morgan fingerprint density at radius 3 is 1.76 bits per heavy atom. The summed E-state index contributed by atoms with van der Waals surface area (Å²) in [6, 6.07) is 45.9. The number of anilines is 4. The van der Waals surface area contributed by atoms with E-state index in [9.17, 15) is 0 Å². The first-order valence-corrected chi connectivity index (χ1v) is 13.5. The summed E-state index contributed by atoms with van der Waals surface area (Å²) in [4.78, 5) is 4.69. The minimum Gasteiger partial charge on any atom is -0.370 e. The minimum absolute atomic E-state index is 0. The minimum atomic E-state index is 0. The molecule has 0 aliphatic heterocycles. The molecule has 0 amide bonds. The molecule has 0 atom stereocenters. The Labute approximate surface area is 253 Å². The SMILES string of the molecule is [CH]1C=C[CH-][C]1CN(Cc1ccc[cH-]1)c1ccc(N(c2ccccc2)c2ccc(N=Nc3ccccc3)cc2)cc1.[Fe+2]. The van der Waals surface area contributed by atoms with Gasteiger partial charge in [-0.15, -0.1) is 12.0 Å². The first kappa shape index (κ1) is 28.1. The van der Waals surface area contributed by atoms with E-state index in [0.29, 0.717) is 0 Å². The molecule has 41 heavy (non-hydrogen) atoms. The van der Waals surface area contributed by atoms with Gasteiger partial charge in [0.2, 0.25) is 0 Å².